The van der Waals surface area contributed by atoms with E-state index in [4.69, 9.17) is 0 Å². The highest BCUT2D eigenvalue weighted by Crippen LogP contribution is 2.25. The van der Waals surface area contributed by atoms with Gasteiger partial charge in [0.1, 0.15) is 5.56 Å². The Morgan fingerprint density at radius 3 is 2.45 bits per heavy atom. The third kappa shape index (κ3) is 2.32. The number of hydrogen-bond donors (Lipinski definition) is 2. The average Bonchev–Trinajstić information content (AvgIpc) is 2.62. The number of thiol groups is 1. The Hall–Kier alpha value is -2.15. The van der Waals surface area contributed by atoms with Crippen molar-refractivity contribution in [1.29, 1.82) is 0 Å². The molecule has 2 aromatic rings. The summed E-state index contributed by atoms with van der Waals surface area (Å²) < 4.78 is 23.7. The lowest BCUT2D eigenvalue weighted by Crippen LogP contribution is -2.06. The Morgan fingerprint density at radius 1 is 1.30 bits per heavy atom. The molecule has 0 amide bonds. The van der Waals surface area contributed by atoms with Gasteiger partial charge in [-0.15, -0.1) is 0 Å². The first-order valence-corrected chi connectivity index (χ1v) is 7.03. The summed E-state index contributed by atoms with van der Waals surface area (Å²) in [5.74, 6) is -0.831. The number of nitrogens with zero attached hydrogens (tertiary/aromatic N) is 2. The third-order valence-electron chi connectivity index (χ3n) is 3.01. The summed E-state index contributed by atoms with van der Waals surface area (Å²) in [6, 6.07) is 4.53. The maximum Gasteiger partial charge on any atom is 0.220 e. The fourth-order valence-electron chi connectivity index (χ4n) is 2.03. The molecular formula is C13H14N2O4S. The van der Waals surface area contributed by atoms with E-state index < -0.39 is 16.5 Å². The Balaban J connectivity index is 2.65. The topological polar surface area (TPSA) is 89.3 Å². The zero-order chi connectivity index (χ0) is 15.0. The fraction of sp³-hybridized carbons (Fsp3) is 0.231. The molecule has 0 fully saturated rings. The van der Waals surface area contributed by atoms with Crippen molar-refractivity contribution in [1.82, 2.24) is 9.78 Å². The number of carbonyl (C=O) groups excluding carboxylic acids is 1. The van der Waals surface area contributed by atoms with Gasteiger partial charge in [0.25, 0.3) is 0 Å². The lowest BCUT2D eigenvalue weighted by molar-refractivity contribution is 0.103. The summed E-state index contributed by atoms with van der Waals surface area (Å²) in [7, 11) is -1.39. The molecule has 0 bridgehead atoms. The minimum atomic E-state index is -2.90. The van der Waals surface area contributed by atoms with E-state index in [9.17, 15) is 18.3 Å². The molecular weight excluding hydrogens is 280 g/mol. The van der Waals surface area contributed by atoms with Gasteiger partial charge in [0.15, 0.2) is 10.7 Å². The van der Waals surface area contributed by atoms with Gasteiger partial charge in [-0.25, -0.2) is 13.1 Å². The standard InChI is InChI=1S/C13H14N2O4S/c1-7-4-5-9(10(6-7)20(18)19)12(16)11-8(2)14-15(3)13(11)17/h4-6,17,20H,1-3H3. The van der Waals surface area contributed by atoms with Crippen LogP contribution in [0.25, 0.3) is 0 Å². The van der Waals surface area contributed by atoms with Gasteiger partial charge in [-0.05, 0) is 31.5 Å². The van der Waals surface area contributed by atoms with Gasteiger partial charge >= 0.3 is 0 Å². The van der Waals surface area contributed by atoms with Gasteiger partial charge < -0.3 is 5.11 Å². The molecule has 0 radical (unpaired) electrons. The van der Waals surface area contributed by atoms with Gasteiger partial charge in [0.05, 0.1) is 10.6 Å². The van der Waals surface area contributed by atoms with Crippen LogP contribution < -0.4 is 0 Å². The zero-order valence-corrected chi connectivity index (χ0v) is 12.1. The van der Waals surface area contributed by atoms with Crippen LogP contribution in [0.4, 0.5) is 0 Å². The highest BCUT2D eigenvalue weighted by atomic mass is 32.2. The highest BCUT2D eigenvalue weighted by Gasteiger charge is 2.24. The van der Waals surface area contributed by atoms with Gasteiger partial charge in [0.2, 0.25) is 11.7 Å². The SMILES string of the molecule is Cc1ccc(C(=O)c2c(C)nn(C)c2O)c([SH](=O)=O)c1. The molecule has 1 aromatic heterocycles. The normalized spacial score (nSPS) is 11.0. The van der Waals surface area contributed by atoms with Crippen molar-refractivity contribution in [3.63, 3.8) is 0 Å². The maximum absolute atomic E-state index is 12.5. The van der Waals surface area contributed by atoms with Crippen LogP contribution in [0.5, 0.6) is 5.88 Å². The van der Waals surface area contributed by atoms with Crippen molar-refractivity contribution in [2.24, 2.45) is 7.05 Å². The second kappa shape index (κ2) is 5.09. The maximum atomic E-state index is 12.5. The monoisotopic (exact) mass is 294 g/mol. The van der Waals surface area contributed by atoms with Crippen molar-refractivity contribution < 1.29 is 18.3 Å². The molecule has 6 nitrogen and oxygen atoms in total. The number of hydrogen-bond acceptors (Lipinski definition) is 5. The Bertz CT molecular complexity index is 767. The average molecular weight is 294 g/mol. The largest absolute Gasteiger partial charge is 0.493 e. The van der Waals surface area contributed by atoms with Crippen molar-refractivity contribution in [2.75, 3.05) is 0 Å². The van der Waals surface area contributed by atoms with Crippen molar-refractivity contribution in [2.45, 2.75) is 18.7 Å². The summed E-state index contributed by atoms with van der Waals surface area (Å²) in [5, 5.41) is 13.8. The molecule has 0 spiro atoms. The number of benzene rings is 1. The van der Waals surface area contributed by atoms with E-state index in [1.807, 2.05) is 0 Å². The summed E-state index contributed by atoms with van der Waals surface area (Å²) in [5.41, 5.74) is 1.15. The predicted molar refractivity (Wildman–Crippen MR) is 72.8 cm³/mol. The lowest BCUT2D eigenvalue weighted by Gasteiger charge is -2.05. The smallest absolute Gasteiger partial charge is 0.220 e. The molecule has 0 aliphatic heterocycles. The van der Waals surface area contributed by atoms with Gasteiger partial charge in [-0.1, -0.05) is 6.07 Å². The number of rotatable bonds is 3. The van der Waals surface area contributed by atoms with Crippen LogP contribution in [0.15, 0.2) is 23.1 Å². The number of aromatic hydroxyl groups is 1. The molecule has 0 unspecified atom stereocenters. The molecule has 1 aromatic carbocycles. The van der Waals surface area contributed by atoms with Gasteiger partial charge in [0, 0.05) is 12.6 Å². The molecule has 0 aliphatic carbocycles. The van der Waals surface area contributed by atoms with E-state index in [-0.39, 0.29) is 21.9 Å². The van der Waals surface area contributed by atoms with E-state index >= 15 is 0 Å². The van der Waals surface area contributed by atoms with Gasteiger partial charge in [-0.2, -0.15) is 5.10 Å². The third-order valence-corrected chi connectivity index (χ3v) is 3.78. The van der Waals surface area contributed by atoms with Crippen LogP contribution in [-0.2, 0) is 17.8 Å². The molecule has 0 saturated carbocycles. The second-order valence-corrected chi connectivity index (χ2v) is 5.51. The molecule has 2 rings (SSSR count). The molecule has 0 aliphatic rings. The Morgan fingerprint density at radius 2 is 1.95 bits per heavy atom. The quantitative estimate of drug-likeness (QED) is 0.649. The number of carbonyl (C=O) groups is 1. The van der Waals surface area contributed by atoms with E-state index in [0.29, 0.717) is 5.69 Å². The summed E-state index contributed by atoms with van der Waals surface area (Å²) >= 11 is 0. The molecule has 1 heterocycles. The molecule has 0 saturated heterocycles. The van der Waals surface area contributed by atoms with Crippen LogP contribution in [0.2, 0.25) is 0 Å². The van der Waals surface area contributed by atoms with Crippen LogP contribution in [-0.4, -0.2) is 29.1 Å². The Labute approximate surface area is 117 Å². The Kier molecular flexibility index (Phi) is 3.63. The highest BCUT2D eigenvalue weighted by molar-refractivity contribution is 7.72. The fourth-order valence-corrected chi connectivity index (χ4v) is 2.71. The van der Waals surface area contributed by atoms with Gasteiger partial charge in [-0.3, -0.25) is 4.79 Å². The summed E-state index contributed by atoms with van der Waals surface area (Å²) in [6.45, 7) is 3.32. The van der Waals surface area contributed by atoms with Crippen LogP contribution in [0.1, 0.15) is 27.2 Å². The number of aryl methyl sites for hydroxylation is 3. The van der Waals surface area contributed by atoms with Crippen molar-refractivity contribution >= 4 is 16.5 Å². The second-order valence-electron chi connectivity index (χ2n) is 4.51. The first-order chi connectivity index (χ1) is 9.32. The van der Waals surface area contributed by atoms with Crippen LogP contribution in [0.3, 0.4) is 0 Å². The molecule has 1 N–H and O–H groups in total. The molecule has 0 atom stereocenters. The van der Waals surface area contributed by atoms with E-state index in [2.05, 4.69) is 5.10 Å². The van der Waals surface area contributed by atoms with Crippen molar-refractivity contribution in [3.8, 4) is 5.88 Å². The predicted octanol–water partition coefficient (Wildman–Crippen LogP) is 0.944. The molecule has 7 heteroatoms. The number of ketones is 1. The number of aromatic nitrogens is 2. The lowest BCUT2D eigenvalue weighted by atomic mass is 10.0. The summed E-state index contributed by atoms with van der Waals surface area (Å²) in [4.78, 5) is 12.4. The van der Waals surface area contributed by atoms with E-state index in [1.165, 1.54) is 23.9 Å². The van der Waals surface area contributed by atoms with Crippen LogP contribution >= 0.6 is 0 Å². The first kappa shape index (κ1) is 14.3. The van der Waals surface area contributed by atoms with E-state index in [0.717, 1.165) is 5.56 Å². The zero-order valence-electron chi connectivity index (χ0n) is 11.2. The van der Waals surface area contributed by atoms with Crippen LogP contribution in [0, 0.1) is 13.8 Å². The molecule has 106 valence electrons. The molecule has 20 heavy (non-hydrogen) atoms. The minimum Gasteiger partial charge on any atom is -0.493 e. The first-order valence-electron chi connectivity index (χ1n) is 5.85. The van der Waals surface area contributed by atoms with Crippen molar-refractivity contribution in [3.05, 3.63) is 40.6 Å². The summed E-state index contributed by atoms with van der Waals surface area (Å²) in [6.07, 6.45) is 0. The van der Waals surface area contributed by atoms with E-state index in [1.54, 1.807) is 19.9 Å². The minimum absolute atomic E-state index is 0.0226.